The standard InChI is InChI=1S/C12H10ClNO3/c1-6-7(13)5-8(14-6)12(17)11-9(15)3-2-4-10(11)16/h2-5,14-16H,1H3. The summed E-state index contributed by atoms with van der Waals surface area (Å²) in [5.74, 6) is -1.03. The Balaban J connectivity index is 2.51. The smallest absolute Gasteiger partial charge is 0.216 e. The first-order chi connectivity index (χ1) is 8.00. The van der Waals surface area contributed by atoms with Gasteiger partial charge in [0.05, 0.1) is 10.7 Å². The van der Waals surface area contributed by atoms with Crippen LogP contribution in [0.2, 0.25) is 5.02 Å². The van der Waals surface area contributed by atoms with E-state index >= 15 is 0 Å². The molecule has 0 atom stereocenters. The van der Waals surface area contributed by atoms with Crippen molar-refractivity contribution in [1.82, 2.24) is 4.98 Å². The summed E-state index contributed by atoms with van der Waals surface area (Å²) in [6, 6.07) is 5.59. The SMILES string of the molecule is Cc1[nH]c(C(=O)c2c(O)cccc2O)cc1Cl. The fourth-order valence-electron chi connectivity index (χ4n) is 1.55. The van der Waals surface area contributed by atoms with Gasteiger partial charge < -0.3 is 15.2 Å². The number of hydrogen-bond acceptors (Lipinski definition) is 3. The second-order valence-electron chi connectivity index (χ2n) is 3.66. The Kier molecular flexibility index (Phi) is 2.81. The van der Waals surface area contributed by atoms with Gasteiger partial charge in [-0.3, -0.25) is 4.79 Å². The van der Waals surface area contributed by atoms with Gasteiger partial charge in [-0.05, 0) is 25.1 Å². The summed E-state index contributed by atoms with van der Waals surface area (Å²) in [6.07, 6.45) is 0. The van der Waals surface area contributed by atoms with Crippen LogP contribution in [0.3, 0.4) is 0 Å². The zero-order valence-electron chi connectivity index (χ0n) is 8.99. The van der Waals surface area contributed by atoms with E-state index < -0.39 is 5.78 Å². The van der Waals surface area contributed by atoms with Gasteiger partial charge in [0, 0.05) is 5.69 Å². The zero-order chi connectivity index (χ0) is 12.6. The molecule has 0 aliphatic heterocycles. The molecule has 0 bridgehead atoms. The van der Waals surface area contributed by atoms with Gasteiger partial charge in [0.2, 0.25) is 5.78 Å². The first-order valence-corrected chi connectivity index (χ1v) is 5.29. The molecule has 4 nitrogen and oxygen atoms in total. The second kappa shape index (κ2) is 4.14. The first-order valence-electron chi connectivity index (χ1n) is 4.91. The van der Waals surface area contributed by atoms with Crippen molar-refractivity contribution in [3.63, 3.8) is 0 Å². The van der Waals surface area contributed by atoms with Crippen molar-refractivity contribution in [3.05, 3.63) is 46.2 Å². The van der Waals surface area contributed by atoms with E-state index in [-0.39, 0.29) is 22.8 Å². The third kappa shape index (κ3) is 1.99. The zero-order valence-corrected chi connectivity index (χ0v) is 9.75. The fourth-order valence-corrected chi connectivity index (χ4v) is 1.71. The van der Waals surface area contributed by atoms with Crippen LogP contribution in [0.5, 0.6) is 11.5 Å². The van der Waals surface area contributed by atoms with Gasteiger partial charge in [-0.2, -0.15) is 0 Å². The quantitative estimate of drug-likeness (QED) is 0.719. The van der Waals surface area contributed by atoms with Crippen molar-refractivity contribution in [3.8, 4) is 11.5 Å². The molecule has 0 saturated carbocycles. The molecule has 0 fully saturated rings. The number of hydrogen-bond donors (Lipinski definition) is 3. The highest BCUT2D eigenvalue weighted by atomic mass is 35.5. The monoisotopic (exact) mass is 251 g/mol. The minimum Gasteiger partial charge on any atom is -0.507 e. The maximum atomic E-state index is 12.0. The normalized spacial score (nSPS) is 10.5. The van der Waals surface area contributed by atoms with Crippen molar-refractivity contribution in [2.24, 2.45) is 0 Å². The molecular formula is C12H10ClNO3. The van der Waals surface area contributed by atoms with E-state index in [9.17, 15) is 15.0 Å². The minimum atomic E-state index is -0.504. The van der Waals surface area contributed by atoms with Gasteiger partial charge >= 0.3 is 0 Å². The van der Waals surface area contributed by atoms with Crippen LogP contribution < -0.4 is 0 Å². The molecule has 0 amide bonds. The van der Waals surface area contributed by atoms with Crippen molar-refractivity contribution in [2.75, 3.05) is 0 Å². The predicted molar refractivity (Wildman–Crippen MR) is 63.7 cm³/mol. The highest BCUT2D eigenvalue weighted by Gasteiger charge is 2.19. The molecule has 0 aliphatic rings. The van der Waals surface area contributed by atoms with E-state index in [1.165, 1.54) is 24.3 Å². The van der Waals surface area contributed by atoms with Crippen molar-refractivity contribution in [2.45, 2.75) is 6.92 Å². The number of halogens is 1. The van der Waals surface area contributed by atoms with E-state index in [1.54, 1.807) is 6.92 Å². The molecule has 0 saturated heterocycles. The molecule has 0 radical (unpaired) electrons. The predicted octanol–water partition coefficient (Wildman–Crippen LogP) is 2.62. The number of carbonyl (C=O) groups is 1. The van der Waals surface area contributed by atoms with Crippen LogP contribution in [0.15, 0.2) is 24.3 Å². The van der Waals surface area contributed by atoms with Crippen LogP contribution in [-0.4, -0.2) is 21.0 Å². The molecule has 2 aromatic rings. The molecule has 0 spiro atoms. The largest absolute Gasteiger partial charge is 0.507 e. The van der Waals surface area contributed by atoms with Crippen LogP contribution in [0, 0.1) is 6.92 Å². The van der Waals surface area contributed by atoms with Crippen LogP contribution >= 0.6 is 11.6 Å². The number of aromatic amines is 1. The lowest BCUT2D eigenvalue weighted by molar-refractivity contribution is 0.102. The van der Waals surface area contributed by atoms with Crippen LogP contribution in [0.1, 0.15) is 21.7 Å². The molecule has 1 heterocycles. The number of nitrogens with one attached hydrogen (secondary N) is 1. The molecule has 1 aromatic carbocycles. The summed E-state index contributed by atoms with van der Waals surface area (Å²) >= 11 is 5.83. The summed E-state index contributed by atoms with van der Waals surface area (Å²) in [6.45, 7) is 1.73. The summed E-state index contributed by atoms with van der Waals surface area (Å²) in [7, 11) is 0. The third-order valence-corrected chi connectivity index (χ3v) is 2.84. The Hall–Kier alpha value is -1.94. The number of carbonyl (C=O) groups excluding carboxylic acids is 1. The lowest BCUT2D eigenvalue weighted by Crippen LogP contribution is -2.02. The Bertz CT molecular complexity index is 550. The summed E-state index contributed by atoms with van der Waals surface area (Å²) in [5.41, 5.74) is 0.750. The first kappa shape index (κ1) is 11.5. The fraction of sp³-hybridized carbons (Fsp3) is 0.0833. The number of rotatable bonds is 2. The molecule has 0 aliphatic carbocycles. The Morgan fingerprint density at radius 3 is 2.35 bits per heavy atom. The summed E-state index contributed by atoms with van der Waals surface area (Å²) in [5, 5.41) is 19.6. The highest BCUT2D eigenvalue weighted by molar-refractivity contribution is 6.32. The molecule has 88 valence electrons. The van der Waals surface area contributed by atoms with Crippen molar-refractivity contribution in [1.29, 1.82) is 0 Å². The van der Waals surface area contributed by atoms with E-state index in [0.29, 0.717) is 10.7 Å². The minimum absolute atomic E-state index is 0.134. The molecule has 3 N–H and O–H groups in total. The topological polar surface area (TPSA) is 73.3 Å². The van der Waals surface area contributed by atoms with Crippen LogP contribution in [0.25, 0.3) is 0 Å². The summed E-state index contributed by atoms with van der Waals surface area (Å²) < 4.78 is 0. The number of aromatic hydroxyl groups is 2. The molecule has 0 unspecified atom stereocenters. The number of phenols is 2. The van der Waals surface area contributed by atoms with Crippen molar-refractivity contribution >= 4 is 17.4 Å². The maximum absolute atomic E-state index is 12.0. The van der Waals surface area contributed by atoms with Gasteiger partial charge in [-0.1, -0.05) is 17.7 Å². The number of benzene rings is 1. The Morgan fingerprint density at radius 2 is 1.88 bits per heavy atom. The molecule has 2 rings (SSSR count). The highest BCUT2D eigenvalue weighted by Crippen LogP contribution is 2.29. The van der Waals surface area contributed by atoms with Gasteiger partial charge in [-0.25, -0.2) is 0 Å². The molecule has 5 heteroatoms. The molecule has 17 heavy (non-hydrogen) atoms. The van der Waals surface area contributed by atoms with E-state index in [0.717, 1.165) is 0 Å². The summed E-state index contributed by atoms with van der Waals surface area (Å²) in [4.78, 5) is 14.8. The third-order valence-electron chi connectivity index (χ3n) is 2.44. The van der Waals surface area contributed by atoms with Gasteiger partial charge in [0.1, 0.15) is 17.1 Å². The molecule has 1 aromatic heterocycles. The number of aromatic nitrogens is 1. The lowest BCUT2D eigenvalue weighted by atomic mass is 10.1. The number of H-pyrrole nitrogens is 1. The second-order valence-corrected chi connectivity index (χ2v) is 4.06. The maximum Gasteiger partial charge on any atom is 0.216 e. The van der Waals surface area contributed by atoms with Crippen LogP contribution in [-0.2, 0) is 0 Å². The van der Waals surface area contributed by atoms with E-state index in [2.05, 4.69) is 4.98 Å². The van der Waals surface area contributed by atoms with Gasteiger partial charge in [0.15, 0.2) is 0 Å². The average molecular weight is 252 g/mol. The number of ketones is 1. The van der Waals surface area contributed by atoms with E-state index in [4.69, 9.17) is 11.6 Å². The Morgan fingerprint density at radius 1 is 1.29 bits per heavy atom. The average Bonchev–Trinajstić information content (AvgIpc) is 2.59. The number of phenolic OH excluding ortho intramolecular Hbond substituents is 2. The lowest BCUT2D eigenvalue weighted by Gasteiger charge is -2.04. The van der Waals surface area contributed by atoms with Crippen LogP contribution in [0.4, 0.5) is 0 Å². The number of aryl methyl sites for hydroxylation is 1. The van der Waals surface area contributed by atoms with Gasteiger partial charge in [-0.15, -0.1) is 0 Å². The Labute approximate surface area is 102 Å². The van der Waals surface area contributed by atoms with Crippen molar-refractivity contribution < 1.29 is 15.0 Å². The molecular weight excluding hydrogens is 242 g/mol. The van der Waals surface area contributed by atoms with E-state index in [1.807, 2.05) is 0 Å². The van der Waals surface area contributed by atoms with Gasteiger partial charge in [0.25, 0.3) is 0 Å².